The standard InChI is InChI=1S/C16H26N2O/c1-3-17-12-15-10-11-16(19-15)13-18(4-2)14-8-6-5-7-9-14/h5-9,15-17H,3-4,10-13H2,1-2H3. The zero-order chi connectivity index (χ0) is 13.5. The Morgan fingerprint density at radius 2 is 1.89 bits per heavy atom. The first-order valence-corrected chi connectivity index (χ1v) is 7.49. The minimum atomic E-state index is 0.379. The summed E-state index contributed by atoms with van der Waals surface area (Å²) in [7, 11) is 0. The second-order valence-electron chi connectivity index (χ2n) is 5.14. The van der Waals surface area contributed by atoms with E-state index < -0.39 is 0 Å². The van der Waals surface area contributed by atoms with Crippen LogP contribution in [0.15, 0.2) is 30.3 Å². The third kappa shape index (κ3) is 4.22. The molecule has 1 N–H and O–H groups in total. The number of ether oxygens (including phenoxy) is 1. The van der Waals surface area contributed by atoms with Gasteiger partial charge in [-0.1, -0.05) is 25.1 Å². The van der Waals surface area contributed by atoms with Gasteiger partial charge in [-0.05, 0) is 38.4 Å². The van der Waals surface area contributed by atoms with E-state index in [2.05, 4.69) is 54.4 Å². The number of benzene rings is 1. The molecule has 2 rings (SSSR count). The Balaban J connectivity index is 1.83. The lowest BCUT2D eigenvalue weighted by Gasteiger charge is -2.26. The Morgan fingerprint density at radius 1 is 1.16 bits per heavy atom. The van der Waals surface area contributed by atoms with Crippen LogP contribution in [0.4, 0.5) is 5.69 Å². The molecule has 0 amide bonds. The molecule has 3 heteroatoms. The van der Waals surface area contributed by atoms with Gasteiger partial charge in [-0.3, -0.25) is 0 Å². The van der Waals surface area contributed by atoms with Crippen LogP contribution < -0.4 is 10.2 Å². The molecule has 19 heavy (non-hydrogen) atoms. The molecule has 0 spiro atoms. The zero-order valence-electron chi connectivity index (χ0n) is 12.1. The maximum absolute atomic E-state index is 6.11. The van der Waals surface area contributed by atoms with E-state index in [9.17, 15) is 0 Å². The van der Waals surface area contributed by atoms with E-state index >= 15 is 0 Å². The summed E-state index contributed by atoms with van der Waals surface area (Å²) in [6.07, 6.45) is 3.15. The van der Waals surface area contributed by atoms with Gasteiger partial charge in [-0.15, -0.1) is 0 Å². The van der Waals surface area contributed by atoms with Gasteiger partial charge < -0.3 is 15.0 Å². The lowest BCUT2D eigenvalue weighted by molar-refractivity contribution is 0.0498. The van der Waals surface area contributed by atoms with E-state index in [1.165, 1.54) is 18.5 Å². The van der Waals surface area contributed by atoms with Gasteiger partial charge >= 0.3 is 0 Å². The van der Waals surface area contributed by atoms with Gasteiger partial charge in [0.25, 0.3) is 0 Å². The van der Waals surface area contributed by atoms with Gasteiger partial charge in [0.1, 0.15) is 0 Å². The van der Waals surface area contributed by atoms with Crippen LogP contribution in [0.3, 0.4) is 0 Å². The second-order valence-corrected chi connectivity index (χ2v) is 5.14. The van der Waals surface area contributed by atoms with Crippen molar-refractivity contribution in [2.45, 2.75) is 38.9 Å². The second kappa shape index (κ2) is 7.51. The van der Waals surface area contributed by atoms with Crippen molar-refractivity contribution in [3.63, 3.8) is 0 Å². The average molecular weight is 262 g/mol. The summed E-state index contributed by atoms with van der Waals surface area (Å²) in [5, 5.41) is 3.37. The molecular formula is C16H26N2O. The van der Waals surface area contributed by atoms with E-state index in [4.69, 9.17) is 4.74 Å². The molecule has 1 fully saturated rings. The minimum absolute atomic E-state index is 0.379. The number of rotatable bonds is 7. The third-order valence-electron chi connectivity index (χ3n) is 3.74. The lowest BCUT2D eigenvalue weighted by atomic mass is 10.1. The van der Waals surface area contributed by atoms with Crippen LogP contribution in [0.1, 0.15) is 26.7 Å². The van der Waals surface area contributed by atoms with Crippen molar-refractivity contribution in [3.8, 4) is 0 Å². The summed E-state index contributed by atoms with van der Waals surface area (Å²) in [6.45, 7) is 8.39. The van der Waals surface area contributed by atoms with E-state index in [-0.39, 0.29) is 0 Å². The van der Waals surface area contributed by atoms with Gasteiger partial charge in [0, 0.05) is 25.3 Å². The number of anilines is 1. The predicted molar refractivity (Wildman–Crippen MR) is 80.8 cm³/mol. The summed E-state index contributed by atoms with van der Waals surface area (Å²) >= 11 is 0. The minimum Gasteiger partial charge on any atom is -0.372 e. The Kier molecular flexibility index (Phi) is 5.67. The summed E-state index contributed by atoms with van der Waals surface area (Å²) < 4.78 is 6.11. The molecule has 0 saturated carbocycles. The highest BCUT2D eigenvalue weighted by Gasteiger charge is 2.26. The summed E-state index contributed by atoms with van der Waals surface area (Å²) in [6, 6.07) is 10.6. The van der Waals surface area contributed by atoms with Crippen LogP contribution in [0, 0.1) is 0 Å². The van der Waals surface area contributed by atoms with Gasteiger partial charge in [0.15, 0.2) is 0 Å². The molecule has 0 radical (unpaired) electrons. The maximum Gasteiger partial charge on any atom is 0.0755 e. The van der Waals surface area contributed by atoms with Gasteiger partial charge in [0.2, 0.25) is 0 Å². The van der Waals surface area contributed by atoms with Crippen molar-refractivity contribution in [1.82, 2.24) is 5.32 Å². The first kappa shape index (κ1) is 14.4. The van der Waals surface area contributed by atoms with Crippen molar-refractivity contribution in [2.75, 3.05) is 31.1 Å². The maximum atomic E-state index is 6.11. The van der Waals surface area contributed by atoms with Gasteiger partial charge in [-0.2, -0.15) is 0 Å². The molecule has 1 saturated heterocycles. The topological polar surface area (TPSA) is 24.5 Å². The molecule has 106 valence electrons. The van der Waals surface area contributed by atoms with Crippen LogP contribution in [-0.4, -0.2) is 38.4 Å². The van der Waals surface area contributed by atoms with E-state index in [1.807, 2.05) is 0 Å². The van der Waals surface area contributed by atoms with E-state index in [1.54, 1.807) is 0 Å². The fourth-order valence-electron chi connectivity index (χ4n) is 2.67. The Bertz CT molecular complexity index is 355. The molecule has 3 nitrogen and oxygen atoms in total. The normalized spacial score (nSPS) is 22.6. The predicted octanol–water partition coefficient (Wildman–Crippen LogP) is 2.67. The molecule has 1 aromatic rings. The quantitative estimate of drug-likeness (QED) is 0.817. The van der Waals surface area contributed by atoms with Crippen LogP contribution in [-0.2, 0) is 4.74 Å². The fraction of sp³-hybridized carbons (Fsp3) is 0.625. The Hall–Kier alpha value is -1.06. The SMILES string of the molecule is CCNCC1CCC(CN(CC)c2ccccc2)O1. The molecular weight excluding hydrogens is 236 g/mol. The number of nitrogens with one attached hydrogen (secondary N) is 1. The van der Waals surface area contributed by atoms with E-state index in [0.717, 1.165) is 26.2 Å². The first-order valence-electron chi connectivity index (χ1n) is 7.49. The third-order valence-corrected chi connectivity index (χ3v) is 3.74. The highest BCUT2D eigenvalue weighted by Crippen LogP contribution is 2.22. The lowest BCUT2D eigenvalue weighted by Crippen LogP contribution is -2.34. The summed E-state index contributed by atoms with van der Waals surface area (Å²) in [5.41, 5.74) is 1.30. The zero-order valence-corrected chi connectivity index (χ0v) is 12.1. The average Bonchev–Trinajstić information content (AvgIpc) is 2.91. The highest BCUT2D eigenvalue weighted by molar-refractivity contribution is 5.45. The van der Waals surface area contributed by atoms with Gasteiger partial charge in [0.05, 0.1) is 12.2 Å². The summed E-state index contributed by atoms with van der Waals surface area (Å²) in [5.74, 6) is 0. The van der Waals surface area contributed by atoms with Crippen LogP contribution in [0.5, 0.6) is 0 Å². The molecule has 1 heterocycles. The van der Waals surface area contributed by atoms with Crippen LogP contribution in [0.2, 0.25) is 0 Å². The highest BCUT2D eigenvalue weighted by atomic mass is 16.5. The number of nitrogens with zero attached hydrogens (tertiary/aromatic N) is 1. The van der Waals surface area contributed by atoms with Crippen molar-refractivity contribution in [2.24, 2.45) is 0 Å². The number of likely N-dealkylation sites (N-methyl/N-ethyl adjacent to an activating group) is 2. The molecule has 2 atom stereocenters. The fourth-order valence-corrected chi connectivity index (χ4v) is 2.67. The Labute approximate surface area is 116 Å². The smallest absolute Gasteiger partial charge is 0.0755 e. The molecule has 0 bridgehead atoms. The number of para-hydroxylation sites is 1. The Morgan fingerprint density at radius 3 is 2.58 bits per heavy atom. The molecule has 1 aliphatic heterocycles. The monoisotopic (exact) mass is 262 g/mol. The largest absolute Gasteiger partial charge is 0.372 e. The van der Waals surface area contributed by atoms with Gasteiger partial charge in [-0.25, -0.2) is 0 Å². The van der Waals surface area contributed by atoms with Crippen molar-refractivity contribution < 1.29 is 4.74 Å². The molecule has 0 aromatic heterocycles. The molecule has 1 aliphatic rings. The van der Waals surface area contributed by atoms with Crippen LogP contribution >= 0.6 is 0 Å². The van der Waals surface area contributed by atoms with Crippen molar-refractivity contribution in [3.05, 3.63) is 30.3 Å². The molecule has 0 aliphatic carbocycles. The molecule has 1 aromatic carbocycles. The number of hydrogen-bond acceptors (Lipinski definition) is 3. The number of hydrogen-bond donors (Lipinski definition) is 1. The first-order chi connectivity index (χ1) is 9.33. The van der Waals surface area contributed by atoms with E-state index in [0.29, 0.717) is 12.2 Å². The summed E-state index contributed by atoms with van der Waals surface area (Å²) in [4.78, 5) is 2.40. The van der Waals surface area contributed by atoms with Crippen molar-refractivity contribution in [1.29, 1.82) is 0 Å². The molecule has 2 unspecified atom stereocenters. The van der Waals surface area contributed by atoms with Crippen LogP contribution in [0.25, 0.3) is 0 Å². The van der Waals surface area contributed by atoms with Crippen molar-refractivity contribution >= 4 is 5.69 Å².